The zero-order chi connectivity index (χ0) is 20.7. The molecule has 0 bridgehead atoms. The van der Waals surface area contributed by atoms with E-state index in [9.17, 15) is 0 Å². The Balaban J connectivity index is 3.20. The van der Waals surface area contributed by atoms with Crippen molar-refractivity contribution in [2.24, 2.45) is 11.8 Å². The zero-order valence-electron chi connectivity index (χ0n) is 20.4. The highest BCUT2D eigenvalue weighted by molar-refractivity contribution is 4.62. The van der Waals surface area contributed by atoms with Gasteiger partial charge in [-0.1, -0.05) is 169 Å². The lowest BCUT2D eigenvalue weighted by atomic mass is 9.95. The van der Waals surface area contributed by atoms with Crippen LogP contribution in [-0.4, -0.2) is 0 Å². The summed E-state index contributed by atoms with van der Waals surface area (Å²) in [6.45, 7) is 11.5. The molecule has 0 heteroatoms. The van der Waals surface area contributed by atoms with Gasteiger partial charge in [-0.25, -0.2) is 0 Å². The quantitative estimate of drug-likeness (QED) is 0.151. The van der Waals surface area contributed by atoms with E-state index in [1.165, 1.54) is 141 Å². The summed E-state index contributed by atoms with van der Waals surface area (Å²) in [5.41, 5.74) is 0. The van der Waals surface area contributed by atoms with Crippen LogP contribution < -0.4 is 0 Å². The summed E-state index contributed by atoms with van der Waals surface area (Å²) in [5.74, 6) is 1.67. The van der Waals surface area contributed by atoms with E-state index in [-0.39, 0.29) is 0 Å². The smallest absolute Gasteiger partial charge is 0.0414 e. The van der Waals surface area contributed by atoms with Crippen molar-refractivity contribution in [1.82, 2.24) is 0 Å². The second-order valence-electron chi connectivity index (χ2n) is 9.78. The van der Waals surface area contributed by atoms with Gasteiger partial charge in [0.15, 0.2) is 0 Å². The number of rotatable bonds is 23. The van der Waals surface area contributed by atoms with Gasteiger partial charge in [-0.15, -0.1) is 0 Å². The maximum atomic E-state index is 4.40. The molecule has 0 saturated heterocycles. The first kappa shape index (κ1) is 28.0. The maximum Gasteiger partial charge on any atom is -0.0414 e. The molecule has 0 spiro atoms. The van der Waals surface area contributed by atoms with Crippen molar-refractivity contribution in [3.63, 3.8) is 0 Å². The highest BCUT2D eigenvalue weighted by Crippen LogP contribution is 2.20. The van der Waals surface area contributed by atoms with Gasteiger partial charge in [-0.2, -0.15) is 0 Å². The molecule has 0 heterocycles. The molecule has 0 N–H and O–H groups in total. The Kier molecular flexibility index (Phi) is 23.3. The molecule has 0 aromatic carbocycles. The van der Waals surface area contributed by atoms with Crippen LogP contribution >= 0.6 is 0 Å². The lowest BCUT2D eigenvalue weighted by molar-refractivity contribution is 0.435. The molecule has 0 aromatic rings. The third-order valence-corrected chi connectivity index (χ3v) is 6.58. The highest BCUT2D eigenvalue weighted by Gasteiger charge is 2.03. The van der Waals surface area contributed by atoms with Crippen LogP contribution in [-0.2, 0) is 0 Å². The highest BCUT2D eigenvalue weighted by atomic mass is 14.1. The zero-order valence-corrected chi connectivity index (χ0v) is 20.4. The summed E-state index contributed by atoms with van der Waals surface area (Å²) in [7, 11) is 0. The fourth-order valence-electron chi connectivity index (χ4n) is 4.39. The average Bonchev–Trinajstić information content (AvgIpc) is 2.69. The summed E-state index contributed by atoms with van der Waals surface area (Å²) in [4.78, 5) is 0. The maximum absolute atomic E-state index is 4.40. The molecule has 0 aromatic heterocycles. The Morgan fingerprint density at radius 3 is 1.18 bits per heavy atom. The van der Waals surface area contributed by atoms with Gasteiger partial charge >= 0.3 is 0 Å². The van der Waals surface area contributed by atoms with Gasteiger partial charge in [0.25, 0.3) is 0 Å². The van der Waals surface area contributed by atoms with Crippen molar-refractivity contribution in [2.75, 3.05) is 0 Å². The van der Waals surface area contributed by atoms with E-state index >= 15 is 0 Å². The van der Waals surface area contributed by atoms with Crippen LogP contribution in [0.3, 0.4) is 0 Å². The topological polar surface area (TPSA) is 0 Å². The van der Waals surface area contributed by atoms with Crippen LogP contribution in [0.25, 0.3) is 0 Å². The van der Waals surface area contributed by atoms with Gasteiger partial charge < -0.3 is 0 Å². The monoisotopic (exact) mass is 393 g/mol. The van der Waals surface area contributed by atoms with Gasteiger partial charge in [-0.3, -0.25) is 0 Å². The van der Waals surface area contributed by atoms with Crippen LogP contribution in [0.4, 0.5) is 0 Å². The first-order valence-corrected chi connectivity index (χ1v) is 13.5. The van der Waals surface area contributed by atoms with Crippen molar-refractivity contribution in [3.05, 3.63) is 6.92 Å². The Morgan fingerprint density at radius 2 is 0.750 bits per heavy atom. The van der Waals surface area contributed by atoms with Crippen LogP contribution in [0.5, 0.6) is 0 Å². The molecule has 0 aliphatic carbocycles. The average molecular weight is 394 g/mol. The number of hydrogen-bond donors (Lipinski definition) is 0. The lowest BCUT2D eigenvalue weighted by Crippen LogP contribution is -1.96. The second kappa shape index (κ2) is 23.3. The molecule has 2 unspecified atom stereocenters. The second-order valence-corrected chi connectivity index (χ2v) is 9.78. The van der Waals surface area contributed by atoms with Crippen molar-refractivity contribution >= 4 is 0 Å². The molecule has 169 valence electrons. The Labute approximate surface area is 181 Å². The third kappa shape index (κ3) is 22.3. The summed E-state index contributed by atoms with van der Waals surface area (Å²) >= 11 is 0. The van der Waals surface area contributed by atoms with Crippen LogP contribution in [0.1, 0.15) is 162 Å². The summed E-state index contributed by atoms with van der Waals surface area (Å²) in [5, 5.41) is 0. The molecular formula is C28H57. The molecule has 0 nitrogen and oxygen atoms in total. The molecule has 28 heavy (non-hydrogen) atoms. The molecule has 0 aliphatic rings. The molecule has 0 fully saturated rings. The third-order valence-electron chi connectivity index (χ3n) is 6.58. The van der Waals surface area contributed by atoms with Crippen LogP contribution in [0.2, 0.25) is 0 Å². The van der Waals surface area contributed by atoms with E-state index in [1.807, 2.05) is 0 Å². The normalized spacial score (nSPS) is 13.7. The first-order chi connectivity index (χ1) is 13.7. The van der Waals surface area contributed by atoms with E-state index in [0.29, 0.717) is 5.92 Å². The minimum atomic E-state index is 0.716. The largest absolute Gasteiger partial charge is 0.0654 e. The molecule has 0 aliphatic heterocycles. The lowest BCUT2D eigenvalue weighted by Gasteiger charge is -2.11. The minimum absolute atomic E-state index is 0.716. The minimum Gasteiger partial charge on any atom is -0.0654 e. The van der Waals surface area contributed by atoms with E-state index in [0.717, 1.165) is 5.92 Å². The van der Waals surface area contributed by atoms with E-state index in [1.54, 1.807) is 0 Å². The van der Waals surface area contributed by atoms with Gasteiger partial charge in [0, 0.05) is 0 Å². The SMILES string of the molecule is [CH2]C(CCCCCCCCCCCC)CCCCCCCCC(C)CCCC. The predicted octanol–water partition coefficient (Wildman–Crippen LogP) is 10.7. The van der Waals surface area contributed by atoms with Crippen molar-refractivity contribution in [2.45, 2.75) is 162 Å². The van der Waals surface area contributed by atoms with Crippen LogP contribution in [0.15, 0.2) is 0 Å². The van der Waals surface area contributed by atoms with Crippen molar-refractivity contribution in [3.8, 4) is 0 Å². The fraction of sp³-hybridized carbons (Fsp3) is 0.964. The Bertz CT molecular complexity index is 269. The van der Waals surface area contributed by atoms with Crippen molar-refractivity contribution in [1.29, 1.82) is 0 Å². The van der Waals surface area contributed by atoms with E-state index in [4.69, 9.17) is 0 Å². The molecule has 1 radical (unpaired) electrons. The van der Waals surface area contributed by atoms with Crippen LogP contribution in [0, 0.1) is 18.8 Å². The molecular weight excluding hydrogens is 336 g/mol. The van der Waals surface area contributed by atoms with Gasteiger partial charge in [0.1, 0.15) is 0 Å². The summed E-state index contributed by atoms with van der Waals surface area (Å²) in [6, 6.07) is 0. The number of unbranched alkanes of at least 4 members (excludes halogenated alkanes) is 15. The fourth-order valence-corrected chi connectivity index (χ4v) is 4.39. The molecule has 0 saturated carbocycles. The summed E-state index contributed by atoms with van der Waals surface area (Å²) < 4.78 is 0. The first-order valence-electron chi connectivity index (χ1n) is 13.5. The standard InChI is InChI=1S/C28H57/c1-5-7-9-10-11-12-13-14-17-21-25-28(4)26-22-19-16-15-18-20-24-27(3)23-8-6-2/h27-28H,4-26H2,1-3H3. The van der Waals surface area contributed by atoms with E-state index in [2.05, 4.69) is 27.7 Å². The molecule has 0 rings (SSSR count). The van der Waals surface area contributed by atoms with Gasteiger partial charge in [0.05, 0.1) is 0 Å². The number of hydrogen-bond acceptors (Lipinski definition) is 0. The molecule has 0 amide bonds. The van der Waals surface area contributed by atoms with Gasteiger partial charge in [0.2, 0.25) is 0 Å². The summed E-state index contributed by atoms with van der Waals surface area (Å²) in [6.07, 6.45) is 31.5. The van der Waals surface area contributed by atoms with Crippen molar-refractivity contribution < 1.29 is 0 Å². The van der Waals surface area contributed by atoms with Gasteiger partial charge in [-0.05, 0) is 11.8 Å². The molecule has 2 atom stereocenters. The Hall–Kier alpha value is 0. The predicted molar refractivity (Wildman–Crippen MR) is 131 cm³/mol. The Morgan fingerprint density at radius 1 is 0.429 bits per heavy atom. The van der Waals surface area contributed by atoms with E-state index < -0.39 is 0 Å².